The molecule has 0 atom stereocenters. The summed E-state index contributed by atoms with van der Waals surface area (Å²) in [6, 6.07) is 13.5. The normalized spacial score (nSPS) is 11.0. The number of benzene rings is 2. The lowest BCUT2D eigenvalue weighted by Crippen LogP contribution is -1.97. The first-order valence-electron chi connectivity index (χ1n) is 8.21. The first kappa shape index (κ1) is 16.4. The Kier molecular flexibility index (Phi) is 5.06. The maximum atomic E-state index is 9.68. The smallest absolute Gasteiger partial charge is 0.139 e. The molecular weight excluding hydrogens is 304 g/mol. The van der Waals surface area contributed by atoms with Crippen LogP contribution in [0.15, 0.2) is 46.9 Å². The van der Waals surface area contributed by atoms with E-state index < -0.39 is 0 Å². The van der Waals surface area contributed by atoms with E-state index in [9.17, 15) is 5.11 Å². The topological polar surface area (TPSA) is 51.8 Å². The van der Waals surface area contributed by atoms with Crippen molar-refractivity contribution in [2.75, 3.05) is 13.7 Å². The molecule has 1 N–H and O–H groups in total. The number of aliphatic hydroxyl groups is 1. The third-order valence-electron chi connectivity index (χ3n) is 4.06. The molecule has 0 aliphatic carbocycles. The van der Waals surface area contributed by atoms with Gasteiger partial charge in [-0.15, -0.1) is 0 Å². The first-order valence-corrected chi connectivity index (χ1v) is 8.21. The SMILES string of the molecule is CCCCOc1ccccc1-c1cc2c(CO)c(OC)ccc2o1. The van der Waals surface area contributed by atoms with Gasteiger partial charge in [-0.25, -0.2) is 0 Å². The summed E-state index contributed by atoms with van der Waals surface area (Å²) in [5, 5.41) is 10.5. The van der Waals surface area contributed by atoms with Gasteiger partial charge in [0.25, 0.3) is 0 Å². The molecule has 126 valence electrons. The van der Waals surface area contributed by atoms with Gasteiger partial charge >= 0.3 is 0 Å². The summed E-state index contributed by atoms with van der Waals surface area (Å²) in [7, 11) is 1.60. The Bertz CT molecular complexity index is 820. The Hall–Kier alpha value is -2.46. The number of ether oxygens (including phenoxy) is 2. The molecule has 0 amide bonds. The van der Waals surface area contributed by atoms with Crippen molar-refractivity contribution in [2.45, 2.75) is 26.4 Å². The molecule has 0 aliphatic heterocycles. The summed E-state index contributed by atoms with van der Waals surface area (Å²) < 4.78 is 17.2. The molecule has 0 aliphatic rings. The maximum Gasteiger partial charge on any atom is 0.139 e. The van der Waals surface area contributed by atoms with Crippen LogP contribution in [0.25, 0.3) is 22.3 Å². The van der Waals surface area contributed by atoms with Crippen LogP contribution in [0.3, 0.4) is 0 Å². The van der Waals surface area contributed by atoms with E-state index in [-0.39, 0.29) is 6.61 Å². The van der Waals surface area contributed by atoms with Crippen LogP contribution < -0.4 is 9.47 Å². The van der Waals surface area contributed by atoms with Gasteiger partial charge < -0.3 is 19.0 Å². The van der Waals surface area contributed by atoms with Gasteiger partial charge in [-0.3, -0.25) is 0 Å². The van der Waals surface area contributed by atoms with Crippen LogP contribution in [0.4, 0.5) is 0 Å². The predicted octanol–water partition coefficient (Wildman–Crippen LogP) is 4.78. The van der Waals surface area contributed by atoms with E-state index in [1.54, 1.807) is 7.11 Å². The molecule has 2 aromatic carbocycles. The fourth-order valence-electron chi connectivity index (χ4n) is 2.76. The highest BCUT2D eigenvalue weighted by Crippen LogP contribution is 2.37. The van der Waals surface area contributed by atoms with E-state index in [1.165, 1.54) is 0 Å². The average Bonchev–Trinajstić information content (AvgIpc) is 3.05. The van der Waals surface area contributed by atoms with E-state index in [0.29, 0.717) is 12.4 Å². The predicted molar refractivity (Wildman–Crippen MR) is 94.5 cm³/mol. The lowest BCUT2D eigenvalue weighted by molar-refractivity contribution is 0.275. The minimum atomic E-state index is -0.103. The molecular formula is C20H22O4. The highest BCUT2D eigenvalue weighted by Gasteiger charge is 2.15. The highest BCUT2D eigenvalue weighted by atomic mass is 16.5. The van der Waals surface area contributed by atoms with Crippen LogP contribution >= 0.6 is 0 Å². The van der Waals surface area contributed by atoms with Crippen molar-refractivity contribution in [2.24, 2.45) is 0 Å². The molecule has 1 heterocycles. The Morgan fingerprint density at radius 3 is 2.67 bits per heavy atom. The molecule has 0 unspecified atom stereocenters. The van der Waals surface area contributed by atoms with Crippen molar-refractivity contribution in [3.05, 3.63) is 48.0 Å². The number of hydrogen-bond donors (Lipinski definition) is 1. The fourth-order valence-corrected chi connectivity index (χ4v) is 2.76. The third kappa shape index (κ3) is 3.10. The zero-order chi connectivity index (χ0) is 16.9. The Labute approximate surface area is 141 Å². The van der Waals surface area contributed by atoms with Gasteiger partial charge in [-0.1, -0.05) is 25.5 Å². The average molecular weight is 326 g/mol. The molecule has 1 aromatic heterocycles. The molecule has 0 fully saturated rings. The maximum absolute atomic E-state index is 9.68. The fraction of sp³-hybridized carbons (Fsp3) is 0.300. The van der Waals surface area contributed by atoms with Gasteiger partial charge in [0.05, 0.1) is 25.9 Å². The molecule has 4 heteroatoms. The van der Waals surface area contributed by atoms with Crippen LogP contribution in [-0.2, 0) is 6.61 Å². The van der Waals surface area contributed by atoms with E-state index in [1.807, 2.05) is 42.5 Å². The molecule has 0 bridgehead atoms. The standard InChI is InChI=1S/C20H22O4/c1-3-4-11-23-18-8-6-5-7-14(18)20-12-15-16(13-21)17(22-2)9-10-19(15)24-20/h5-10,12,21H,3-4,11,13H2,1-2H3. The lowest BCUT2D eigenvalue weighted by Gasteiger charge is -2.09. The minimum Gasteiger partial charge on any atom is -0.496 e. The van der Waals surface area contributed by atoms with Crippen molar-refractivity contribution in [1.29, 1.82) is 0 Å². The first-order chi connectivity index (χ1) is 11.8. The van der Waals surface area contributed by atoms with Crippen LogP contribution in [0.1, 0.15) is 25.3 Å². The summed E-state index contributed by atoms with van der Waals surface area (Å²) >= 11 is 0. The molecule has 0 saturated heterocycles. The molecule has 0 radical (unpaired) electrons. The third-order valence-corrected chi connectivity index (χ3v) is 4.06. The number of unbranched alkanes of at least 4 members (excludes halogenated alkanes) is 1. The van der Waals surface area contributed by atoms with Gasteiger partial charge in [-0.2, -0.15) is 0 Å². The number of hydrogen-bond acceptors (Lipinski definition) is 4. The summed E-state index contributed by atoms with van der Waals surface area (Å²) in [6.45, 7) is 2.72. The van der Waals surface area contributed by atoms with Crippen molar-refractivity contribution >= 4 is 11.0 Å². The van der Waals surface area contributed by atoms with Crippen molar-refractivity contribution in [3.63, 3.8) is 0 Å². The van der Waals surface area contributed by atoms with E-state index >= 15 is 0 Å². The van der Waals surface area contributed by atoms with Gasteiger partial charge in [0, 0.05) is 10.9 Å². The quantitative estimate of drug-likeness (QED) is 0.635. The van der Waals surface area contributed by atoms with Crippen LogP contribution in [0.5, 0.6) is 11.5 Å². The highest BCUT2D eigenvalue weighted by molar-refractivity contribution is 5.88. The Balaban J connectivity index is 2.04. The molecule has 0 spiro atoms. The summed E-state index contributed by atoms with van der Waals surface area (Å²) in [5.74, 6) is 2.19. The van der Waals surface area contributed by atoms with Crippen LogP contribution in [0, 0.1) is 0 Å². The van der Waals surface area contributed by atoms with Gasteiger partial charge in [0.15, 0.2) is 0 Å². The summed E-state index contributed by atoms with van der Waals surface area (Å²) in [4.78, 5) is 0. The van der Waals surface area contributed by atoms with Crippen molar-refractivity contribution in [3.8, 4) is 22.8 Å². The van der Waals surface area contributed by atoms with Gasteiger partial charge in [0.2, 0.25) is 0 Å². The van der Waals surface area contributed by atoms with Gasteiger partial charge in [-0.05, 0) is 36.8 Å². The second-order valence-electron chi connectivity index (χ2n) is 5.63. The zero-order valence-corrected chi connectivity index (χ0v) is 14.0. The van der Waals surface area contributed by atoms with Gasteiger partial charge in [0.1, 0.15) is 22.8 Å². The molecule has 24 heavy (non-hydrogen) atoms. The van der Waals surface area contributed by atoms with Crippen molar-refractivity contribution in [1.82, 2.24) is 0 Å². The summed E-state index contributed by atoms with van der Waals surface area (Å²) in [6.07, 6.45) is 2.10. The van der Waals surface area contributed by atoms with Crippen molar-refractivity contribution < 1.29 is 19.0 Å². The lowest BCUT2D eigenvalue weighted by atomic mass is 10.1. The summed E-state index contributed by atoms with van der Waals surface area (Å²) in [5.41, 5.74) is 2.36. The molecule has 3 aromatic rings. The number of furan rings is 1. The van der Waals surface area contributed by atoms with E-state index in [0.717, 1.165) is 46.4 Å². The van der Waals surface area contributed by atoms with Crippen LogP contribution in [-0.4, -0.2) is 18.8 Å². The molecule has 3 rings (SSSR count). The van der Waals surface area contributed by atoms with E-state index in [4.69, 9.17) is 13.9 Å². The second-order valence-corrected chi connectivity index (χ2v) is 5.63. The molecule has 4 nitrogen and oxygen atoms in total. The number of para-hydroxylation sites is 1. The number of rotatable bonds is 7. The largest absolute Gasteiger partial charge is 0.496 e. The Morgan fingerprint density at radius 1 is 1.08 bits per heavy atom. The Morgan fingerprint density at radius 2 is 1.92 bits per heavy atom. The second kappa shape index (κ2) is 7.41. The molecule has 0 saturated carbocycles. The van der Waals surface area contributed by atoms with E-state index in [2.05, 4.69) is 6.92 Å². The minimum absolute atomic E-state index is 0.103. The van der Waals surface area contributed by atoms with Crippen LogP contribution in [0.2, 0.25) is 0 Å². The number of fused-ring (bicyclic) bond motifs is 1. The number of aliphatic hydroxyl groups excluding tert-OH is 1. The monoisotopic (exact) mass is 326 g/mol. The zero-order valence-electron chi connectivity index (χ0n) is 14.0. The number of methoxy groups -OCH3 is 1.